The summed E-state index contributed by atoms with van der Waals surface area (Å²) < 4.78 is 13.2. The van der Waals surface area contributed by atoms with Crippen molar-refractivity contribution in [3.63, 3.8) is 0 Å². The Morgan fingerprint density at radius 2 is 1.92 bits per heavy atom. The second kappa shape index (κ2) is 4.38. The van der Waals surface area contributed by atoms with Crippen LogP contribution in [0.15, 0.2) is 24.3 Å². The van der Waals surface area contributed by atoms with Crippen LogP contribution in [0, 0.1) is 11.7 Å². The molecule has 0 aliphatic rings. The van der Waals surface area contributed by atoms with Crippen molar-refractivity contribution in [2.75, 3.05) is 0 Å². The van der Waals surface area contributed by atoms with E-state index in [1.807, 2.05) is 6.07 Å². The lowest BCUT2D eigenvalue weighted by molar-refractivity contribution is 0.489. The molecule has 0 fully saturated rings. The van der Waals surface area contributed by atoms with Crippen LogP contribution in [-0.2, 0) is 0 Å². The van der Waals surface area contributed by atoms with E-state index in [1.165, 1.54) is 6.07 Å². The lowest BCUT2D eigenvalue weighted by Crippen LogP contribution is -2.14. The summed E-state index contributed by atoms with van der Waals surface area (Å²) >= 11 is 0. The molecule has 0 heterocycles. The minimum absolute atomic E-state index is 0.179. The zero-order chi connectivity index (χ0) is 9.84. The van der Waals surface area contributed by atoms with Crippen LogP contribution in [0.3, 0.4) is 0 Å². The zero-order valence-corrected chi connectivity index (χ0v) is 8.13. The largest absolute Gasteiger partial charge is 0.324 e. The van der Waals surface area contributed by atoms with Crippen molar-refractivity contribution in [1.29, 1.82) is 0 Å². The molecule has 0 amide bonds. The predicted octanol–water partition coefficient (Wildman–Crippen LogP) is 2.87. The summed E-state index contributed by atoms with van der Waals surface area (Å²) in [6.45, 7) is 4.17. The summed E-state index contributed by atoms with van der Waals surface area (Å²) in [4.78, 5) is 0. The molecule has 0 saturated heterocycles. The van der Waals surface area contributed by atoms with Crippen molar-refractivity contribution in [3.05, 3.63) is 35.6 Å². The van der Waals surface area contributed by atoms with Gasteiger partial charge in [-0.25, -0.2) is 4.39 Å². The van der Waals surface area contributed by atoms with Crippen molar-refractivity contribution in [3.8, 4) is 0 Å². The molecule has 1 rings (SSSR count). The highest BCUT2D eigenvalue weighted by Crippen LogP contribution is 2.20. The van der Waals surface area contributed by atoms with Crippen molar-refractivity contribution in [2.45, 2.75) is 26.3 Å². The maximum Gasteiger partial charge on any atom is 0.127 e. The van der Waals surface area contributed by atoms with E-state index in [2.05, 4.69) is 13.8 Å². The number of benzene rings is 1. The topological polar surface area (TPSA) is 26.0 Å². The first-order valence-corrected chi connectivity index (χ1v) is 4.61. The van der Waals surface area contributed by atoms with Gasteiger partial charge in [0.25, 0.3) is 0 Å². The van der Waals surface area contributed by atoms with Gasteiger partial charge in [-0.15, -0.1) is 0 Å². The van der Waals surface area contributed by atoms with Crippen molar-refractivity contribution in [1.82, 2.24) is 0 Å². The molecule has 72 valence electrons. The third-order valence-electron chi connectivity index (χ3n) is 2.03. The van der Waals surface area contributed by atoms with Crippen molar-refractivity contribution in [2.24, 2.45) is 11.7 Å². The van der Waals surface area contributed by atoms with Crippen LogP contribution >= 0.6 is 0 Å². The molecule has 1 aromatic carbocycles. The average Bonchev–Trinajstić information content (AvgIpc) is 2.03. The van der Waals surface area contributed by atoms with Crippen LogP contribution in [0.25, 0.3) is 0 Å². The van der Waals surface area contributed by atoms with E-state index in [0.717, 1.165) is 6.42 Å². The van der Waals surface area contributed by atoms with E-state index in [-0.39, 0.29) is 11.9 Å². The van der Waals surface area contributed by atoms with Gasteiger partial charge in [0.1, 0.15) is 5.82 Å². The Hall–Kier alpha value is -0.890. The van der Waals surface area contributed by atoms with Crippen molar-refractivity contribution >= 4 is 0 Å². The molecule has 0 radical (unpaired) electrons. The first-order chi connectivity index (χ1) is 6.11. The lowest BCUT2D eigenvalue weighted by Gasteiger charge is -2.14. The third-order valence-corrected chi connectivity index (χ3v) is 2.03. The smallest absolute Gasteiger partial charge is 0.127 e. The quantitative estimate of drug-likeness (QED) is 0.762. The molecular formula is C11H16FN. The number of hydrogen-bond donors (Lipinski definition) is 1. The number of halogens is 1. The average molecular weight is 181 g/mol. The molecule has 0 bridgehead atoms. The maximum absolute atomic E-state index is 13.2. The number of hydrogen-bond acceptors (Lipinski definition) is 1. The lowest BCUT2D eigenvalue weighted by atomic mass is 9.97. The van der Waals surface area contributed by atoms with Crippen LogP contribution < -0.4 is 5.73 Å². The predicted molar refractivity (Wildman–Crippen MR) is 52.8 cm³/mol. The Morgan fingerprint density at radius 3 is 2.46 bits per heavy atom. The van der Waals surface area contributed by atoms with Gasteiger partial charge in [-0.1, -0.05) is 32.0 Å². The fourth-order valence-electron chi connectivity index (χ4n) is 1.41. The minimum Gasteiger partial charge on any atom is -0.324 e. The van der Waals surface area contributed by atoms with Gasteiger partial charge < -0.3 is 5.73 Å². The Labute approximate surface area is 78.8 Å². The van der Waals surface area contributed by atoms with E-state index >= 15 is 0 Å². The van der Waals surface area contributed by atoms with Crippen LogP contribution in [-0.4, -0.2) is 0 Å². The van der Waals surface area contributed by atoms with E-state index in [9.17, 15) is 4.39 Å². The molecule has 2 N–H and O–H groups in total. The molecule has 0 saturated carbocycles. The number of nitrogens with two attached hydrogens (primary N) is 1. The Balaban J connectivity index is 2.76. The molecule has 13 heavy (non-hydrogen) atoms. The van der Waals surface area contributed by atoms with Crippen molar-refractivity contribution < 1.29 is 4.39 Å². The SMILES string of the molecule is CC(C)C[C@@H](N)c1ccccc1F. The van der Waals surface area contributed by atoms with Gasteiger partial charge in [-0.2, -0.15) is 0 Å². The summed E-state index contributed by atoms with van der Waals surface area (Å²) in [5.74, 6) is 0.297. The normalized spacial score (nSPS) is 13.3. The molecule has 0 aromatic heterocycles. The molecule has 0 aliphatic carbocycles. The Bertz CT molecular complexity index is 271. The van der Waals surface area contributed by atoms with E-state index in [4.69, 9.17) is 5.73 Å². The fraction of sp³-hybridized carbons (Fsp3) is 0.455. The van der Waals surface area contributed by atoms with E-state index < -0.39 is 0 Å². The number of rotatable bonds is 3. The monoisotopic (exact) mass is 181 g/mol. The van der Waals surface area contributed by atoms with Gasteiger partial charge in [-0.3, -0.25) is 0 Å². The summed E-state index contributed by atoms with van der Waals surface area (Å²) in [5.41, 5.74) is 6.48. The third kappa shape index (κ3) is 2.81. The zero-order valence-electron chi connectivity index (χ0n) is 8.13. The molecule has 0 unspecified atom stereocenters. The Kier molecular flexibility index (Phi) is 3.43. The second-order valence-electron chi connectivity index (χ2n) is 3.76. The van der Waals surface area contributed by atoms with Gasteiger partial charge in [0.2, 0.25) is 0 Å². The summed E-state index contributed by atoms with van der Waals surface area (Å²) in [5, 5.41) is 0. The molecule has 0 aliphatic heterocycles. The summed E-state index contributed by atoms with van der Waals surface area (Å²) in [7, 11) is 0. The molecular weight excluding hydrogens is 165 g/mol. The molecule has 0 spiro atoms. The van der Waals surface area contributed by atoms with Crippen LogP contribution in [0.1, 0.15) is 31.9 Å². The van der Waals surface area contributed by atoms with Gasteiger partial charge >= 0.3 is 0 Å². The first-order valence-electron chi connectivity index (χ1n) is 4.61. The van der Waals surface area contributed by atoms with Crippen LogP contribution in [0.2, 0.25) is 0 Å². The van der Waals surface area contributed by atoms with Gasteiger partial charge in [0.15, 0.2) is 0 Å². The summed E-state index contributed by atoms with van der Waals surface area (Å²) in [6.07, 6.45) is 0.820. The van der Waals surface area contributed by atoms with E-state index in [0.29, 0.717) is 11.5 Å². The fourth-order valence-corrected chi connectivity index (χ4v) is 1.41. The maximum atomic E-state index is 13.2. The van der Waals surface area contributed by atoms with Gasteiger partial charge in [0.05, 0.1) is 0 Å². The van der Waals surface area contributed by atoms with E-state index in [1.54, 1.807) is 12.1 Å². The van der Waals surface area contributed by atoms with Crippen LogP contribution in [0.4, 0.5) is 4.39 Å². The molecule has 1 aromatic rings. The minimum atomic E-state index is -0.198. The highest BCUT2D eigenvalue weighted by Gasteiger charge is 2.11. The highest BCUT2D eigenvalue weighted by molar-refractivity contribution is 5.20. The first kappa shape index (κ1) is 10.2. The van der Waals surface area contributed by atoms with Gasteiger partial charge in [0, 0.05) is 11.6 Å². The van der Waals surface area contributed by atoms with Gasteiger partial charge in [-0.05, 0) is 18.4 Å². The molecule has 1 atom stereocenters. The standard InChI is InChI=1S/C11H16FN/c1-8(2)7-11(13)9-5-3-4-6-10(9)12/h3-6,8,11H,7,13H2,1-2H3/t11-/m1/s1. The summed E-state index contributed by atoms with van der Waals surface area (Å²) in [6, 6.07) is 6.53. The molecule has 1 nitrogen and oxygen atoms in total. The second-order valence-corrected chi connectivity index (χ2v) is 3.76. The highest BCUT2D eigenvalue weighted by atomic mass is 19.1. The molecule has 2 heteroatoms. The van der Waals surface area contributed by atoms with Crippen LogP contribution in [0.5, 0.6) is 0 Å². The Morgan fingerprint density at radius 1 is 1.31 bits per heavy atom.